The maximum Gasteiger partial charge on any atom is 0.312 e. The minimum Gasteiger partial charge on any atom is -0.483 e. The molecule has 4 rings (SSSR count). The Balaban J connectivity index is 0.000000513. The van der Waals surface area contributed by atoms with E-state index in [1.807, 2.05) is 4.90 Å². The second-order valence-electron chi connectivity index (χ2n) is 7.62. The van der Waals surface area contributed by atoms with E-state index in [1.54, 1.807) is 0 Å². The lowest BCUT2D eigenvalue weighted by atomic mass is 9.76. The molecule has 11 nitrogen and oxygen atoms in total. The first-order chi connectivity index (χ1) is 14.9. The van der Waals surface area contributed by atoms with Gasteiger partial charge in [0.25, 0.3) is 12.9 Å². The van der Waals surface area contributed by atoms with Gasteiger partial charge in [-0.1, -0.05) is 0 Å². The van der Waals surface area contributed by atoms with Gasteiger partial charge in [0.1, 0.15) is 6.10 Å². The molecule has 3 saturated heterocycles. The third kappa shape index (κ3) is 6.23. The molecule has 0 aromatic carbocycles. The molecule has 0 bridgehead atoms. The largest absolute Gasteiger partial charge is 0.483 e. The molecule has 31 heavy (non-hydrogen) atoms. The molecule has 4 N–H and O–H groups in total. The van der Waals surface area contributed by atoms with Crippen molar-refractivity contribution in [2.45, 2.75) is 38.2 Å². The molecule has 3 aliphatic rings. The van der Waals surface area contributed by atoms with Crippen LogP contribution in [0.4, 0.5) is 16.2 Å². The Kier molecular flexibility index (Phi) is 8.91. The molecule has 0 radical (unpaired) electrons. The number of cyclic esters (lactones) is 1. The summed E-state index contributed by atoms with van der Waals surface area (Å²) in [6.07, 6.45) is 5.80. The van der Waals surface area contributed by atoms with Crippen molar-refractivity contribution < 1.29 is 33.7 Å². The third-order valence-corrected chi connectivity index (χ3v) is 5.75. The SMILES string of the molecule is Nc1nc(N2CCC3(CC2)CC(CN2CCCC2)OC3=O)ncc1F.O=CO.O=CO. The van der Waals surface area contributed by atoms with E-state index < -0.39 is 5.82 Å². The zero-order valence-corrected chi connectivity index (χ0v) is 17.2. The van der Waals surface area contributed by atoms with Gasteiger partial charge in [0.15, 0.2) is 11.6 Å². The zero-order chi connectivity index (χ0) is 22.9. The van der Waals surface area contributed by atoms with Gasteiger partial charge in [-0.3, -0.25) is 19.3 Å². The number of rotatable bonds is 3. The van der Waals surface area contributed by atoms with Gasteiger partial charge < -0.3 is 25.6 Å². The lowest BCUT2D eigenvalue weighted by Gasteiger charge is -2.36. The summed E-state index contributed by atoms with van der Waals surface area (Å²) in [5, 5.41) is 13.8. The molecule has 3 aliphatic heterocycles. The molecular formula is C19H28FN5O6. The molecule has 1 spiro atoms. The van der Waals surface area contributed by atoms with Crippen molar-refractivity contribution in [1.29, 1.82) is 0 Å². The topological polar surface area (TPSA) is 159 Å². The highest BCUT2D eigenvalue weighted by atomic mass is 19.1. The molecule has 1 atom stereocenters. The number of esters is 1. The summed E-state index contributed by atoms with van der Waals surface area (Å²) < 4.78 is 18.9. The highest BCUT2D eigenvalue weighted by Gasteiger charge is 2.50. The monoisotopic (exact) mass is 441 g/mol. The predicted molar refractivity (Wildman–Crippen MR) is 108 cm³/mol. The summed E-state index contributed by atoms with van der Waals surface area (Å²) >= 11 is 0. The predicted octanol–water partition coefficient (Wildman–Crippen LogP) is 0.597. The molecule has 0 aliphatic carbocycles. The number of halogens is 1. The van der Waals surface area contributed by atoms with Crippen LogP contribution in [0.15, 0.2) is 6.20 Å². The average molecular weight is 441 g/mol. The smallest absolute Gasteiger partial charge is 0.312 e. The lowest BCUT2D eigenvalue weighted by Crippen LogP contribution is -2.43. The van der Waals surface area contributed by atoms with Gasteiger partial charge in [-0.05, 0) is 38.8 Å². The van der Waals surface area contributed by atoms with Gasteiger partial charge in [0.2, 0.25) is 5.95 Å². The first-order valence-electron chi connectivity index (χ1n) is 10.0. The average Bonchev–Trinajstić information content (AvgIpc) is 3.34. The summed E-state index contributed by atoms with van der Waals surface area (Å²) in [7, 11) is 0. The number of likely N-dealkylation sites (tertiary alicyclic amines) is 1. The van der Waals surface area contributed by atoms with Crippen LogP contribution in [0.2, 0.25) is 0 Å². The molecule has 172 valence electrons. The van der Waals surface area contributed by atoms with E-state index in [1.165, 1.54) is 12.8 Å². The van der Waals surface area contributed by atoms with E-state index in [0.29, 0.717) is 31.9 Å². The number of hydrogen-bond donors (Lipinski definition) is 3. The van der Waals surface area contributed by atoms with Crippen molar-refractivity contribution in [3.8, 4) is 0 Å². The molecule has 0 saturated carbocycles. The van der Waals surface area contributed by atoms with Gasteiger partial charge >= 0.3 is 5.97 Å². The Bertz CT molecular complexity index is 747. The van der Waals surface area contributed by atoms with E-state index in [9.17, 15) is 9.18 Å². The van der Waals surface area contributed by atoms with Gasteiger partial charge in [0.05, 0.1) is 11.6 Å². The molecule has 0 amide bonds. The number of nitrogens with zero attached hydrogens (tertiary/aromatic N) is 4. The summed E-state index contributed by atoms with van der Waals surface area (Å²) in [5.41, 5.74) is 5.15. The van der Waals surface area contributed by atoms with Crippen LogP contribution < -0.4 is 10.6 Å². The maximum absolute atomic E-state index is 13.2. The molecular weight excluding hydrogens is 413 g/mol. The van der Waals surface area contributed by atoms with Crippen LogP contribution in [0.3, 0.4) is 0 Å². The Morgan fingerprint density at radius 2 is 1.77 bits per heavy atom. The van der Waals surface area contributed by atoms with Crippen LogP contribution in [0.5, 0.6) is 0 Å². The second-order valence-corrected chi connectivity index (χ2v) is 7.62. The summed E-state index contributed by atoms with van der Waals surface area (Å²) in [4.78, 5) is 41.6. The summed E-state index contributed by atoms with van der Waals surface area (Å²) in [6, 6.07) is 0. The van der Waals surface area contributed by atoms with Crippen LogP contribution >= 0.6 is 0 Å². The highest BCUT2D eigenvalue weighted by molar-refractivity contribution is 5.79. The molecule has 1 aromatic rings. The van der Waals surface area contributed by atoms with Gasteiger partial charge in [-0.15, -0.1) is 0 Å². The number of anilines is 2. The first-order valence-corrected chi connectivity index (χ1v) is 10.0. The minimum atomic E-state index is -0.610. The standard InChI is InChI=1S/C17H24FN5O2.2CH2O2/c18-13-10-20-16(21-14(13)19)23-7-3-17(4-8-23)9-12(25-15(17)24)11-22-5-1-2-6-22;2*2-1-3/h10,12H,1-9,11H2,(H2,19,20,21);2*1H,(H,2,3). The number of nitrogen functional groups attached to an aromatic ring is 1. The Hall–Kier alpha value is -3.02. The molecule has 1 aromatic heterocycles. The fraction of sp³-hybridized carbons (Fsp3) is 0.632. The van der Waals surface area contributed by atoms with Crippen LogP contribution in [-0.4, -0.2) is 82.8 Å². The molecule has 3 fully saturated rings. The number of carbonyl (C=O) groups excluding carboxylic acids is 1. The number of carbonyl (C=O) groups is 3. The van der Waals surface area contributed by atoms with Gasteiger partial charge in [-0.2, -0.15) is 4.98 Å². The number of hydrogen-bond acceptors (Lipinski definition) is 9. The number of piperidine rings is 1. The summed E-state index contributed by atoms with van der Waals surface area (Å²) in [6.45, 7) is 3.87. The fourth-order valence-electron chi connectivity index (χ4n) is 4.26. The zero-order valence-electron chi connectivity index (χ0n) is 17.2. The third-order valence-electron chi connectivity index (χ3n) is 5.75. The van der Waals surface area contributed by atoms with Crippen LogP contribution in [0.25, 0.3) is 0 Å². The van der Waals surface area contributed by atoms with Gasteiger partial charge in [-0.25, -0.2) is 9.37 Å². The maximum atomic E-state index is 13.2. The number of ether oxygens (including phenoxy) is 1. The lowest BCUT2D eigenvalue weighted by molar-refractivity contribution is -0.150. The van der Waals surface area contributed by atoms with Crippen molar-refractivity contribution in [3.05, 3.63) is 12.0 Å². The van der Waals surface area contributed by atoms with Crippen molar-refractivity contribution in [3.63, 3.8) is 0 Å². The van der Waals surface area contributed by atoms with Crippen molar-refractivity contribution in [2.75, 3.05) is 43.4 Å². The minimum absolute atomic E-state index is 0.00913. The van der Waals surface area contributed by atoms with E-state index in [4.69, 9.17) is 30.3 Å². The van der Waals surface area contributed by atoms with Crippen LogP contribution in [0, 0.1) is 11.2 Å². The van der Waals surface area contributed by atoms with E-state index in [-0.39, 0.29) is 36.3 Å². The van der Waals surface area contributed by atoms with E-state index in [2.05, 4.69) is 14.9 Å². The first kappa shape index (κ1) is 24.3. The van der Waals surface area contributed by atoms with E-state index in [0.717, 1.165) is 32.3 Å². The van der Waals surface area contributed by atoms with Crippen molar-refractivity contribution >= 4 is 30.7 Å². The summed E-state index contributed by atoms with van der Waals surface area (Å²) in [5.74, 6) is -0.387. The Morgan fingerprint density at radius 1 is 1.19 bits per heavy atom. The quantitative estimate of drug-likeness (QED) is 0.445. The highest BCUT2D eigenvalue weighted by Crippen LogP contribution is 2.43. The van der Waals surface area contributed by atoms with Crippen LogP contribution in [-0.2, 0) is 19.1 Å². The van der Waals surface area contributed by atoms with E-state index >= 15 is 0 Å². The molecule has 12 heteroatoms. The van der Waals surface area contributed by atoms with Crippen molar-refractivity contribution in [1.82, 2.24) is 14.9 Å². The van der Waals surface area contributed by atoms with Gasteiger partial charge in [0, 0.05) is 26.1 Å². The Labute approximate surface area is 179 Å². The number of nitrogens with two attached hydrogens (primary N) is 1. The fourth-order valence-corrected chi connectivity index (χ4v) is 4.26. The Morgan fingerprint density at radius 3 is 2.32 bits per heavy atom. The second kappa shape index (κ2) is 11.4. The van der Waals surface area contributed by atoms with Crippen molar-refractivity contribution in [2.24, 2.45) is 5.41 Å². The molecule has 1 unspecified atom stereocenters. The number of carboxylic acid groups (broad SMARTS) is 2. The van der Waals surface area contributed by atoms with Crippen LogP contribution in [0.1, 0.15) is 32.1 Å². The number of aromatic nitrogens is 2. The molecule has 4 heterocycles. The normalized spacial score (nSPS) is 22.0.